The third-order valence-corrected chi connectivity index (χ3v) is 3.57. The van der Waals surface area contributed by atoms with Gasteiger partial charge in [-0.1, -0.05) is 39.3 Å². The van der Waals surface area contributed by atoms with Crippen LogP contribution in [0.5, 0.6) is 0 Å². The molecule has 0 fully saturated rings. The van der Waals surface area contributed by atoms with Gasteiger partial charge in [0.15, 0.2) is 0 Å². The molecule has 0 heterocycles. The van der Waals surface area contributed by atoms with Crippen LogP contribution < -0.4 is 5.73 Å². The van der Waals surface area contributed by atoms with Crippen molar-refractivity contribution in [3.8, 4) is 0 Å². The Bertz CT molecular complexity index is 337. The summed E-state index contributed by atoms with van der Waals surface area (Å²) in [4.78, 5) is 2.38. The lowest BCUT2D eigenvalue weighted by atomic mass is 10.0. The molecular weight excluding hydrogens is 227 g/mol. The highest BCUT2D eigenvalue weighted by molar-refractivity contribution is 5.20. The van der Waals surface area contributed by atoms with Crippen LogP contribution >= 0.6 is 0 Å². The maximum atomic E-state index is 13.0. The molecule has 0 spiro atoms. The van der Waals surface area contributed by atoms with Crippen molar-refractivity contribution < 1.29 is 4.39 Å². The Balaban J connectivity index is 2.82. The van der Waals surface area contributed by atoms with Crippen LogP contribution in [-0.4, -0.2) is 24.5 Å². The van der Waals surface area contributed by atoms with E-state index in [1.165, 1.54) is 12.1 Å². The molecule has 3 heteroatoms. The lowest BCUT2D eigenvalue weighted by Crippen LogP contribution is -2.36. The molecule has 0 amide bonds. The third-order valence-electron chi connectivity index (χ3n) is 3.57. The Morgan fingerprint density at radius 1 is 1.22 bits per heavy atom. The largest absolute Gasteiger partial charge is 0.329 e. The van der Waals surface area contributed by atoms with Crippen LogP contribution in [0.4, 0.5) is 4.39 Å². The second-order valence-corrected chi connectivity index (χ2v) is 4.90. The Kier molecular flexibility index (Phi) is 6.30. The Labute approximate surface area is 110 Å². The Morgan fingerprint density at radius 2 is 1.83 bits per heavy atom. The summed E-state index contributed by atoms with van der Waals surface area (Å²) in [5, 5.41) is 0. The van der Waals surface area contributed by atoms with Gasteiger partial charge in [0.05, 0.1) is 0 Å². The maximum Gasteiger partial charge on any atom is 0.123 e. The predicted molar refractivity (Wildman–Crippen MR) is 74.9 cm³/mol. The molecule has 0 bridgehead atoms. The highest BCUT2D eigenvalue weighted by Crippen LogP contribution is 2.21. The van der Waals surface area contributed by atoms with Crippen molar-refractivity contribution in [2.75, 3.05) is 19.6 Å². The van der Waals surface area contributed by atoms with Gasteiger partial charge in [0.25, 0.3) is 0 Å². The van der Waals surface area contributed by atoms with Crippen molar-refractivity contribution in [1.29, 1.82) is 0 Å². The first-order valence-electron chi connectivity index (χ1n) is 6.81. The molecule has 0 radical (unpaired) electrons. The van der Waals surface area contributed by atoms with Crippen LogP contribution in [0.15, 0.2) is 24.3 Å². The van der Waals surface area contributed by atoms with Crippen LogP contribution in [0.25, 0.3) is 0 Å². The van der Waals surface area contributed by atoms with Gasteiger partial charge in [0.2, 0.25) is 0 Å². The van der Waals surface area contributed by atoms with Gasteiger partial charge in [-0.3, -0.25) is 4.90 Å². The quantitative estimate of drug-likeness (QED) is 0.807. The van der Waals surface area contributed by atoms with Gasteiger partial charge in [-0.2, -0.15) is 0 Å². The average molecular weight is 252 g/mol. The summed E-state index contributed by atoms with van der Waals surface area (Å²) in [6, 6.07) is 6.88. The summed E-state index contributed by atoms with van der Waals surface area (Å²) >= 11 is 0. The average Bonchev–Trinajstić information content (AvgIpc) is 2.40. The van der Waals surface area contributed by atoms with Crippen molar-refractivity contribution in [3.05, 3.63) is 35.6 Å². The molecule has 2 atom stereocenters. The predicted octanol–water partition coefficient (Wildman–Crippen LogP) is 3.19. The number of halogens is 1. The van der Waals surface area contributed by atoms with Crippen LogP contribution in [0.2, 0.25) is 0 Å². The van der Waals surface area contributed by atoms with E-state index in [9.17, 15) is 4.39 Å². The van der Waals surface area contributed by atoms with E-state index in [2.05, 4.69) is 25.7 Å². The van der Waals surface area contributed by atoms with Gasteiger partial charge in [-0.15, -0.1) is 0 Å². The molecule has 0 aliphatic rings. The molecule has 18 heavy (non-hydrogen) atoms. The van der Waals surface area contributed by atoms with E-state index in [4.69, 9.17) is 5.73 Å². The van der Waals surface area contributed by atoms with Crippen LogP contribution in [-0.2, 0) is 0 Å². The molecule has 2 unspecified atom stereocenters. The van der Waals surface area contributed by atoms with Crippen molar-refractivity contribution in [2.45, 2.75) is 33.2 Å². The number of benzene rings is 1. The molecule has 1 rings (SSSR count). The standard InChI is InChI=1S/C15H25FN2/c1-4-12(3)11-18(5-2)15(10-17)13-6-8-14(16)9-7-13/h6-9,12,15H,4-5,10-11,17H2,1-3H3. The van der Waals surface area contributed by atoms with Gasteiger partial charge in [-0.25, -0.2) is 4.39 Å². The molecule has 2 nitrogen and oxygen atoms in total. The molecule has 1 aromatic rings. The first-order chi connectivity index (χ1) is 8.62. The van der Waals surface area contributed by atoms with Gasteiger partial charge < -0.3 is 5.73 Å². The molecule has 102 valence electrons. The van der Waals surface area contributed by atoms with Crippen molar-refractivity contribution in [3.63, 3.8) is 0 Å². The van der Waals surface area contributed by atoms with Gasteiger partial charge in [0, 0.05) is 19.1 Å². The van der Waals surface area contributed by atoms with E-state index in [-0.39, 0.29) is 11.9 Å². The topological polar surface area (TPSA) is 29.3 Å². The van der Waals surface area contributed by atoms with Crippen molar-refractivity contribution in [1.82, 2.24) is 4.90 Å². The van der Waals surface area contributed by atoms with Crippen LogP contribution in [0.1, 0.15) is 38.8 Å². The highest BCUT2D eigenvalue weighted by atomic mass is 19.1. The Morgan fingerprint density at radius 3 is 2.28 bits per heavy atom. The summed E-state index contributed by atoms with van der Waals surface area (Å²) in [7, 11) is 0. The summed E-state index contributed by atoms with van der Waals surface area (Å²) in [5.74, 6) is 0.457. The Hall–Kier alpha value is -0.930. The molecule has 0 aliphatic heterocycles. The number of nitrogens with zero attached hydrogens (tertiary/aromatic N) is 1. The molecule has 2 N–H and O–H groups in total. The monoisotopic (exact) mass is 252 g/mol. The summed E-state index contributed by atoms with van der Waals surface area (Å²) in [6.07, 6.45) is 1.16. The zero-order chi connectivity index (χ0) is 13.5. The smallest absolute Gasteiger partial charge is 0.123 e. The van der Waals surface area contributed by atoms with E-state index in [0.29, 0.717) is 12.5 Å². The molecule has 0 aromatic heterocycles. The fourth-order valence-corrected chi connectivity index (χ4v) is 2.19. The van der Waals surface area contributed by atoms with Gasteiger partial charge in [-0.05, 0) is 30.2 Å². The first kappa shape index (κ1) is 15.1. The molecular formula is C15H25FN2. The number of likely N-dealkylation sites (N-methyl/N-ethyl adjacent to an activating group) is 1. The first-order valence-corrected chi connectivity index (χ1v) is 6.81. The van der Waals surface area contributed by atoms with E-state index >= 15 is 0 Å². The molecule has 0 saturated carbocycles. The van der Waals surface area contributed by atoms with Gasteiger partial charge >= 0.3 is 0 Å². The normalized spacial score (nSPS) is 14.8. The fourth-order valence-electron chi connectivity index (χ4n) is 2.19. The van der Waals surface area contributed by atoms with Crippen LogP contribution in [0.3, 0.4) is 0 Å². The SMILES string of the molecule is CCC(C)CN(CC)C(CN)c1ccc(F)cc1. The highest BCUT2D eigenvalue weighted by Gasteiger charge is 2.19. The number of nitrogens with two attached hydrogens (primary N) is 1. The second-order valence-electron chi connectivity index (χ2n) is 4.90. The number of rotatable bonds is 7. The zero-order valence-electron chi connectivity index (χ0n) is 11.7. The second kappa shape index (κ2) is 7.49. The number of hydrogen-bond donors (Lipinski definition) is 1. The van der Waals surface area contributed by atoms with E-state index in [1.54, 1.807) is 0 Å². The summed E-state index contributed by atoms with van der Waals surface area (Å²) < 4.78 is 13.0. The van der Waals surface area contributed by atoms with E-state index in [0.717, 1.165) is 25.1 Å². The summed E-state index contributed by atoms with van der Waals surface area (Å²) in [5.41, 5.74) is 7.00. The third kappa shape index (κ3) is 4.07. The molecule has 0 aliphatic carbocycles. The zero-order valence-corrected chi connectivity index (χ0v) is 11.7. The lowest BCUT2D eigenvalue weighted by molar-refractivity contribution is 0.182. The minimum Gasteiger partial charge on any atom is -0.329 e. The number of hydrogen-bond acceptors (Lipinski definition) is 2. The van der Waals surface area contributed by atoms with Crippen molar-refractivity contribution >= 4 is 0 Å². The summed E-state index contributed by atoms with van der Waals surface area (Å²) in [6.45, 7) is 9.16. The van der Waals surface area contributed by atoms with Crippen molar-refractivity contribution in [2.24, 2.45) is 11.7 Å². The van der Waals surface area contributed by atoms with E-state index in [1.807, 2.05) is 12.1 Å². The lowest BCUT2D eigenvalue weighted by Gasteiger charge is -2.32. The minimum absolute atomic E-state index is 0.185. The fraction of sp³-hybridized carbons (Fsp3) is 0.600. The van der Waals surface area contributed by atoms with E-state index < -0.39 is 0 Å². The van der Waals surface area contributed by atoms with Gasteiger partial charge in [0.1, 0.15) is 5.82 Å². The maximum absolute atomic E-state index is 13.0. The molecule has 1 aromatic carbocycles. The van der Waals surface area contributed by atoms with Crippen LogP contribution in [0, 0.1) is 11.7 Å². The molecule has 0 saturated heterocycles. The minimum atomic E-state index is -0.195.